The molecule has 0 heterocycles. The van der Waals surface area contributed by atoms with E-state index < -0.39 is 18.2 Å². The monoisotopic (exact) mass is 736 g/mol. The molecule has 1 amide bonds. The molecule has 0 aliphatic carbocycles. The molecule has 0 aromatic rings. The zero-order valence-electron chi connectivity index (χ0n) is 35.0. The summed E-state index contributed by atoms with van der Waals surface area (Å²) in [7, 11) is 0. The lowest BCUT2D eigenvalue weighted by molar-refractivity contribution is -0.151. The van der Waals surface area contributed by atoms with Crippen LogP contribution in [0.4, 0.5) is 0 Å². The second kappa shape index (κ2) is 40.8. The lowest BCUT2D eigenvalue weighted by atomic mass is 10.0. The third-order valence-corrected chi connectivity index (χ3v) is 10.6. The Morgan fingerprint density at radius 3 is 1.40 bits per heavy atom. The van der Waals surface area contributed by atoms with E-state index in [-0.39, 0.29) is 24.9 Å². The van der Waals surface area contributed by atoms with Crippen molar-refractivity contribution in [1.29, 1.82) is 0 Å². The fraction of sp³-hybridized carbons (Fsp3) is 0.913. The highest BCUT2D eigenvalue weighted by Crippen LogP contribution is 2.17. The second-order valence-electron chi connectivity index (χ2n) is 15.8. The van der Waals surface area contributed by atoms with Gasteiger partial charge in [0.05, 0.1) is 25.2 Å². The number of unbranched alkanes of at least 4 members (excludes halogenated alkanes) is 27. The van der Waals surface area contributed by atoms with Crippen LogP contribution in [0.5, 0.6) is 0 Å². The number of amides is 1. The fourth-order valence-electron chi connectivity index (χ4n) is 7.07. The van der Waals surface area contributed by atoms with E-state index in [1.54, 1.807) is 0 Å². The third-order valence-electron chi connectivity index (χ3n) is 10.6. The van der Waals surface area contributed by atoms with Crippen LogP contribution in [0.25, 0.3) is 0 Å². The van der Waals surface area contributed by atoms with Gasteiger partial charge in [0.1, 0.15) is 6.10 Å². The molecule has 0 saturated heterocycles. The zero-order valence-corrected chi connectivity index (χ0v) is 35.0. The molecule has 0 aliphatic heterocycles. The van der Waals surface area contributed by atoms with E-state index in [0.29, 0.717) is 19.3 Å². The van der Waals surface area contributed by atoms with Crippen LogP contribution in [-0.4, -0.2) is 46.9 Å². The largest absolute Gasteiger partial charge is 0.462 e. The number of rotatable bonds is 41. The first-order valence-electron chi connectivity index (χ1n) is 22.9. The van der Waals surface area contributed by atoms with Gasteiger partial charge < -0.3 is 20.3 Å². The number of allylic oxidation sites excluding steroid dienone is 2. The van der Waals surface area contributed by atoms with E-state index in [1.807, 2.05) is 0 Å². The normalized spacial score (nSPS) is 13.4. The highest BCUT2D eigenvalue weighted by molar-refractivity contribution is 5.77. The number of nitrogens with one attached hydrogen (secondary N) is 1. The average Bonchev–Trinajstić information content (AvgIpc) is 3.13. The molecule has 308 valence electrons. The molecule has 3 N–H and O–H groups in total. The lowest BCUT2D eigenvalue weighted by Gasteiger charge is -2.24. The second-order valence-corrected chi connectivity index (χ2v) is 15.8. The summed E-state index contributed by atoms with van der Waals surface area (Å²) in [6.07, 6.45) is 42.7. The molecule has 0 rings (SSSR count). The van der Waals surface area contributed by atoms with Gasteiger partial charge in [-0.25, -0.2) is 0 Å². The van der Waals surface area contributed by atoms with E-state index in [4.69, 9.17) is 4.74 Å². The van der Waals surface area contributed by atoms with Crippen LogP contribution in [0.15, 0.2) is 12.2 Å². The van der Waals surface area contributed by atoms with Crippen molar-refractivity contribution in [2.45, 2.75) is 264 Å². The Morgan fingerprint density at radius 2 is 0.923 bits per heavy atom. The Morgan fingerprint density at radius 1 is 0.538 bits per heavy atom. The van der Waals surface area contributed by atoms with Gasteiger partial charge in [0.25, 0.3) is 0 Å². The standard InChI is InChI=1S/C46H89NO5/c1-4-7-10-13-16-19-21-22-23-24-27-29-32-35-38-44(49)43(41-48)47-45(50)40-42(37-34-31-28-26-20-17-14-11-8-5-2)52-46(51)39-36-33-30-25-18-15-12-9-6-3/h17,20,42-44,48-49H,4-16,18-19,21-41H2,1-3H3,(H,47,50)/b20-17-. The number of hydrogen-bond donors (Lipinski definition) is 3. The molecule has 52 heavy (non-hydrogen) atoms. The van der Waals surface area contributed by atoms with Crippen molar-refractivity contribution in [3.8, 4) is 0 Å². The van der Waals surface area contributed by atoms with Gasteiger partial charge >= 0.3 is 5.97 Å². The molecule has 6 nitrogen and oxygen atoms in total. The Kier molecular flexibility index (Phi) is 39.7. The van der Waals surface area contributed by atoms with Crippen LogP contribution >= 0.6 is 0 Å². The maximum atomic E-state index is 13.1. The Hall–Kier alpha value is -1.40. The van der Waals surface area contributed by atoms with Crippen molar-refractivity contribution >= 4 is 11.9 Å². The van der Waals surface area contributed by atoms with Crippen LogP contribution in [-0.2, 0) is 14.3 Å². The molecule has 0 aromatic heterocycles. The summed E-state index contributed by atoms with van der Waals surface area (Å²) in [5.74, 6) is -0.484. The summed E-state index contributed by atoms with van der Waals surface area (Å²) in [5, 5.41) is 23.6. The minimum Gasteiger partial charge on any atom is -0.462 e. The molecule has 0 aliphatic rings. The van der Waals surface area contributed by atoms with Crippen LogP contribution in [0.2, 0.25) is 0 Å². The molecule has 0 radical (unpaired) electrons. The van der Waals surface area contributed by atoms with Crippen molar-refractivity contribution in [3.63, 3.8) is 0 Å². The molecular formula is C46H89NO5. The fourth-order valence-corrected chi connectivity index (χ4v) is 7.07. The molecular weight excluding hydrogens is 647 g/mol. The SMILES string of the molecule is CCCCC/C=C\CCCCCC(CC(=O)NC(CO)C(O)CCCCCCCCCCCCCCCC)OC(=O)CCCCCCCCCCC. The summed E-state index contributed by atoms with van der Waals surface area (Å²) in [6.45, 7) is 6.43. The maximum Gasteiger partial charge on any atom is 0.306 e. The molecule has 0 bridgehead atoms. The zero-order chi connectivity index (χ0) is 38.2. The summed E-state index contributed by atoms with van der Waals surface area (Å²) in [5.41, 5.74) is 0. The van der Waals surface area contributed by atoms with Gasteiger partial charge in [-0.05, 0) is 51.4 Å². The smallest absolute Gasteiger partial charge is 0.306 e. The van der Waals surface area contributed by atoms with Gasteiger partial charge in [-0.3, -0.25) is 9.59 Å². The predicted molar refractivity (Wildman–Crippen MR) is 223 cm³/mol. The molecule has 0 spiro atoms. The maximum absolute atomic E-state index is 13.1. The van der Waals surface area contributed by atoms with Crippen LogP contribution in [0.1, 0.15) is 245 Å². The first kappa shape index (κ1) is 50.6. The molecule has 3 atom stereocenters. The first-order valence-corrected chi connectivity index (χ1v) is 22.9. The van der Waals surface area contributed by atoms with Crippen molar-refractivity contribution in [2.24, 2.45) is 0 Å². The van der Waals surface area contributed by atoms with Crippen molar-refractivity contribution < 1.29 is 24.5 Å². The van der Waals surface area contributed by atoms with E-state index in [9.17, 15) is 19.8 Å². The van der Waals surface area contributed by atoms with Gasteiger partial charge in [-0.2, -0.15) is 0 Å². The van der Waals surface area contributed by atoms with Gasteiger partial charge in [-0.1, -0.05) is 193 Å². The number of carbonyl (C=O) groups excluding carboxylic acids is 2. The van der Waals surface area contributed by atoms with Crippen molar-refractivity contribution in [2.75, 3.05) is 6.61 Å². The summed E-state index contributed by atoms with van der Waals surface area (Å²) in [4.78, 5) is 25.9. The molecule has 3 unspecified atom stereocenters. The Labute approximate surface area is 323 Å². The van der Waals surface area contributed by atoms with Crippen molar-refractivity contribution in [3.05, 3.63) is 12.2 Å². The number of aliphatic hydroxyl groups excluding tert-OH is 2. The number of carbonyl (C=O) groups is 2. The minimum absolute atomic E-state index is 0.0723. The Bertz CT molecular complexity index is 787. The first-order chi connectivity index (χ1) is 25.5. The number of aliphatic hydroxyl groups is 2. The van der Waals surface area contributed by atoms with Crippen LogP contribution in [0.3, 0.4) is 0 Å². The minimum atomic E-state index is -0.783. The highest BCUT2D eigenvalue weighted by Gasteiger charge is 2.24. The van der Waals surface area contributed by atoms with E-state index in [1.165, 1.54) is 135 Å². The summed E-state index contributed by atoms with van der Waals surface area (Å²) >= 11 is 0. The Balaban J connectivity index is 4.49. The van der Waals surface area contributed by atoms with E-state index in [0.717, 1.165) is 64.2 Å². The summed E-state index contributed by atoms with van der Waals surface area (Å²) in [6, 6.07) is -0.697. The summed E-state index contributed by atoms with van der Waals surface area (Å²) < 4.78 is 5.87. The quantitative estimate of drug-likeness (QED) is 0.0330. The number of esters is 1. The van der Waals surface area contributed by atoms with Crippen molar-refractivity contribution in [1.82, 2.24) is 5.32 Å². The van der Waals surface area contributed by atoms with Crippen LogP contribution < -0.4 is 5.32 Å². The van der Waals surface area contributed by atoms with Gasteiger partial charge in [0, 0.05) is 6.42 Å². The van der Waals surface area contributed by atoms with Gasteiger partial charge in [0.15, 0.2) is 0 Å². The topological polar surface area (TPSA) is 95.9 Å². The van der Waals surface area contributed by atoms with E-state index in [2.05, 4.69) is 38.2 Å². The average molecular weight is 736 g/mol. The molecule has 0 fully saturated rings. The third kappa shape index (κ3) is 35.6. The van der Waals surface area contributed by atoms with E-state index >= 15 is 0 Å². The highest BCUT2D eigenvalue weighted by atomic mass is 16.5. The molecule has 6 heteroatoms. The molecule has 0 saturated carbocycles. The molecule has 0 aromatic carbocycles. The lowest BCUT2D eigenvalue weighted by Crippen LogP contribution is -2.46. The van der Waals surface area contributed by atoms with Gasteiger partial charge in [-0.15, -0.1) is 0 Å². The number of ether oxygens (including phenoxy) is 1. The van der Waals surface area contributed by atoms with Gasteiger partial charge in [0.2, 0.25) is 5.91 Å². The van der Waals surface area contributed by atoms with Crippen LogP contribution in [0, 0.1) is 0 Å². The number of hydrogen-bond acceptors (Lipinski definition) is 5. The predicted octanol–water partition coefficient (Wildman–Crippen LogP) is 13.0.